The van der Waals surface area contributed by atoms with Gasteiger partial charge in [0.2, 0.25) is 0 Å². The number of rotatable bonds is 8. The van der Waals surface area contributed by atoms with Gasteiger partial charge in [-0.25, -0.2) is 9.07 Å². The third kappa shape index (κ3) is 5.64. The Labute approximate surface area is 230 Å². The maximum atomic E-state index is 14.6. The Hall–Kier alpha value is -3.93. The molecule has 0 saturated carbocycles. The third-order valence-electron chi connectivity index (χ3n) is 6.36. The Kier molecular flexibility index (Phi) is 7.87. The molecule has 5 aromatic rings. The minimum absolute atomic E-state index is 0.117. The zero-order chi connectivity index (χ0) is 26.5. The maximum absolute atomic E-state index is 14.6. The fourth-order valence-electron chi connectivity index (χ4n) is 4.47. The molecule has 1 heterocycles. The summed E-state index contributed by atoms with van der Waals surface area (Å²) < 4.78 is 16.0. The molecule has 0 spiro atoms. The molecule has 190 valence electrons. The van der Waals surface area contributed by atoms with Crippen molar-refractivity contribution >= 4 is 29.1 Å². The first-order valence-corrected chi connectivity index (χ1v) is 13.0. The molecule has 4 aromatic carbocycles. The van der Waals surface area contributed by atoms with E-state index in [2.05, 4.69) is 34.7 Å². The quantitative estimate of drug-likeness (QED) is 0.216. The number of halogens is 3. The van der Waals surface area contributed by atoms with Crippen LogP contribution in [0.25, 0.3) is 16.9 Å². The van der Waals surface area contributed by atoms with Gasteiger partial charge in [0.1, 0.15) is 11.5 Å². The van der Waals surface area contributed by atoms with Gasteiger partial charge in [0, 0.05) is 18.0 Å². The molecular weight excluding hydrogens is 520 g/mol. The Morgan fingerprint density at radius 2 is 1.45 bits per heavy atom. The number of carbonyl (C=O) groups is 1. The van der Waals surface area contributed by atoms with E-state index in [0.717, 1.165) is 0 Å². The van der Waals surface area contributed by atoms with E-state index >= 15 is 0 Å². The van der Waals surface area contributed by atoms with Crippen LogP contribution in [0.4, 0.5) is 4.39 Å². The summed E-state index contributed by atoms with van der Waals surface area (Å²) in [7, 11) is 0. The molecule has 5 rings (SSSR count). The molecule has 4 nitrogen and oxygen atoms in total. The topological polar surface area (TPSA) is 46.9 Å². The van der Waals surface area contributed by atoms with Crippen molar-refractivity contribution in [1.29, 1.82) is 0 Å². The van der Waals surface area contributed by atoms with Crippen molar-refractivity contribution in [2.24, 2.45) is 0 Å². The summed E-state index contributed by atoms with van der Waals surface area (Å²) in [6.45, 7) is 0.425. The Balaban J connectivity index is 1.42. The van der Waals surface area contributed by atoms with E-state index in [4.69, 9.17) is 23.2 Å². The summed E-state index contributed by atoms with van der Waals surface area (Å²) in [5.41, 5.74) is 3.79. The molecule has 0 fully saturated rings. The van der Waals surface area contributed by atoms with Gasteiger partial charge in [0.25, 0.3) is 5.91 Å². The van der Waals surface area contributed by atoms with E-state index in [9.17, 15) is 9.18 Å². The van der Waals surface area contributed by atoms with Crippen LogP contribution in [0.15, 0.2) is 109 Å². The summed E-state index contributed by atoms with van der Waals surface area (Å²) in [6, 6.07) is 33.3. The molecule has 0 saturated heterocycles. The van der Waals surface area contributed by atoms with Crippen molar-refractivity contribution < 1.29 is 9.18 Å². The van der Waals surface area contributed by atoms with Crippen molar-refractivity contribution in [3.8, 4) is 16.9 Å². The van der Waals surface area contributed by atoms with Gasteiger partial charge in [-0.3, -0.25) is 4.79 Å². The lowest BCUT2D eigenvalue weighted by Crippen LogP contribution is -2.28. The molecule has 0 atom stereocenters. The van der Waals surface area contributed by atoms with Crippen molar-refractivity contribution in [2.75, 3.05) is 6.54 Å². The first kappa shape index (κ1) is 25.7. The largest absolute Gasteiger partial charge is 0.351 e. The Bertz CT molecular complexity index is 1510. The van der Waals surface area contributed by atoms with Gasteiger partial charge in [-0.1, -0.05) is 96.0 Å². The smallest absolute Gasteiger partial charge is 0.270 e. The van der Waals surface area contributed by atoms with Crippen molar-refractivity contribution in [1.82, 2.24) is 15.1 Å². The monoisotopic (exact) mass is 543 g/mol. The number of carbonyl (C=O) groups excluding carboxylic acids is 1. The van der Waals surface area contributed by atoms with E-state index < -0.39 is 5.82 Å². The number of nitrogens with one attached hydrogen (secondary N) is 1. The van der Waals surface area contributed by atoms with E-state index in [-0.39, 0.29) is 17.5 Å². The lowest BCUT2D eigenvalue weighted by molar-refractivity contribution is 0.0945. The molecule has 1 aromatic heterocycles. The SMILES string of the molecule is O=C(NCCC(c1ccccc1)c1ccccc1)c1cc(-c2ccccc2F)nn1-c1ccc(Cl)c(Cl)c1. The normalized spacial score (nSPS) is 11.1. The average molecular weight is 544 g/mol. The number of hydrogen-bond donors (Lipinski definition) is 1. The molecule has 0 unspecified atom stereocenters. The lowest BCUT2D eigenvalue weighted by atomic mass is 9.88. The lowest BCUT2D eigenvalue weighted by Gasteiger charge is -2.18. The van der Waals surface area contributed by atoms with Crippen LogP contribution in [0.2, 0.25) is 10.0 Å². The first-order valence-electron chi connectivity index (χ1n) is 12.2. The number of benzene rings is 4. The molecule has 38 heavy (non-hydrogen) atoms. The van der Waals surface area contributed by atoms with Crippen molar-refractivity contribution in [3.63, 3.8) is 0 Å². The molecule has 1 amide bonds. The minimum atomic E-state index is -0.424. The molecular formula is C31H24Cl2FN3O. The molecule has 0 radical (unpaired) electrons. The van der Waals surface area contributed by atoms with Crippen LogP contribution < -0.4 is 5.32 Å². The van der Waals surface area contributed by atoms with Crippen LogP contribution >= 0.6 is 23.2 Å². The van der Waals surface area contributed by atoms with Gasteiger partial charge in [-0.05, 0) is 53.9 Å². The van der Waals surface area contributed by atoms with E-state index in [0.29, 0.717) is 40.0 Å². The Morgan fingerprint density at radius 3 is 2.08 bits per heavy atom. The van der Waals surface area contributed by atoms with Crippen LogP contribution in [-0.4, -0.2) is 22.2 Å². The first-order chi connectivity index (χ1) is 18.5. The van der Waals surface area contributed by atoms with Crippen LogP contribution in [-0.2, 0) is 0 Å². The number of amides is 1. The van der Waals surface area contributed by atoms with E-state index in [1.807, 2.05) is 36.4 Å². The molecule has 0 bridgehead atoms. The highest BCUT2D eigenvalue weighted by atomic mass is 35.5. The van der Waals surface area contributed by atoms with Crippen LogP contribution in [0.5, 0.6) is 0 Å². The standard InChI is InChI=1S/C31H24Cl2FN3O/c32-26-16-15-23(19-27(26)33)37-30(20-29(36-37)25-13-7-8-14-28(25)34)31(38)35-18-17-24(21-9-3-1-4-10-21)22-11-5-2-6-12-22/h1-16,19-20,24H,17-18H2,(H,35,38). The summed E-state index contributed by atoms with van der Waals surface area (Å²) in [5, 5.41) is 8.30. The molecule has 1 N–H and O–H groups in total. The molecule has 0 aliphatic heterocycles. The number of nitrogens with zero attached hydrogens (tertiary/aromatic N) is 2. The summed E-state index contributed by atoms with van der Waals surface area (Å²) in [6.07, 6.45) is 0.695. The predicted octanol–water partition coefficient (Wildman–Crippen LogP) is 7.94. The zero-order valence-corrected chi connectivity index (χ0v) is 21.8. The zero-order valence-electron chi connectivity index (χ0n) is 20.3. The van der Waals surface area contributed by atoms with Gasteiger partial charge < -0.3 is 5.32 Å². The third-order valence-corrected chi connectivity index (χ3v) is 7.10. The van der Waals surface area contributed by atoms with Crippen molar-refractivity contribution in [2.45, 2.75) is 12.3 Å². The van der Waals surface area contributed by atoms with Crippen LogP contribution in [0, 0.1) is 5.82 Å². The molecule has 0 aliphatic carbocycles. The second-order valence-electron chi connectivity index (χ2n) is 8.82. The molecule has 0 aliphatic rings. The highest BCUT2D eigenvalue weighted by Gasteiger charge is 2.21. The highest BCUT2D eigenvalue weighted by Crippen LogP contribution is 2.29. The van der Waals surface area contributed by atoms with Gasteiger partial charge >= 0.3 is 0 Å². The fraction of sp³-hybridized carbons (Fsp3) is 0.0968. The molecule has 7 heteroatoms. The summed E-state index contributed by atoms with van der Waals surface area (Å²) >= 11 is 12.3. The van der Waals surface area contributed by atoms with Crippen LogP contribution in [0.3, 0.4) is 0 Å². The Morgan fingerprint density at radius 1 is 0.816 bits per heavy atom. The second-order valence-corrected chi connectivity index (χ2v) is 9.64. The van der Waals surface area contributed by atoms with Gasteiger partial charge in [0.05, 0.1) is 21.4 Å². The fourth-order valence-corrected chi connectivity index (χ4v) is 4.77. The van der Waals surface area contributed by atoms with Crippen LogP contribution in [0.1, 0.15) is 34.0 Å². The predicted molar refractivity (Wildman–Crippen MR) is 151 cm³/mol. The minimum Gasteiger partial charge on any atom is -0.351 e. The van der Waals surface area contributed by atoms with Gasteiger partial charge in [0.15, 0.2) is 0 Å². The van der Waals surface area contributed by atoms with E-state index in [1.54, 1.807) is 42.5 Å². The maximum Gasteiger partial charge on any atom is 0.270 e. The summed E-state index contributed by atoms with van der Waals surface area (Å²) in [5.74, 6) is -0.635. The van der Waals surface area contributed by atoms with E-state index in [1.165, 1.54) is 21.9 Å². The number of hydrogen-bond acceptors (Lipinski definition) is 2. The van der Waals surface area contributed by atoms with Gasteiger partial charge in [-0.2, -0.15) is 5.10 Å². The van der Waals surface area contributed by atoms with Crippen molar-refractivity contribution in [3.05, 3.63) is 142 Å². The number of aromatic nitrogens is 2. The average Bonchev–Trinajstić information content (AvgIpc) is 3.39. The second kappa shape index (κ2) is 11.6. The van der Waals surface area contributed by atoms with Gasteiger partial charge in [-0.15, -0.1) is 0 Å². The highest BCUT2D eigenvalue weighted by molar-refractivity contribution is 6.42. The summed E-state index contributed by atoms with van der Waals surface area (Å²) in [4.78, 5) is 13.5.